The van der Waals surface area contributed by atoms with Crippen molar-refractivity contribution in [2.45, 2.75) is 38.0 Å². The normalized spacial score (nSPS) is 25.2. The highest BCUT2D eigenvalue weighted by Crippen LogP contribution is 2.44. The Morgan fingerprint density at radius 3 is 2.29 bits per heavy atom. The lowest BCUT2D eigenvalue weighted by atomic mass is 9.76. The number of ether oxygens (including phenoxy) is 1. The molecule has 1 spiro atoms. The van der Waals surface area contributed by atoms with Gasteiger partial charge < -0.3 is 9.64 Å². The Balaban J connectivity index is 1.22. The van der Waals surface area contributed by atoms with E-state index in [9.17, 15) is 18.0 Å². The molecule has 0 saturated carbocycles. The number of alkyl halides is 3. The second-order valence-electron chi connectivity index (χ2n) is 8.79. The lowest BCUT2D eigenvalue weighted by Gasteiger charge is -2.36. The summed E-state index contributed by atoms with van der Waals surface area (Å²) in [6.07, 6.45) is 1.22. The summed E-state index contributed by atoms with van der Waals surface area (Å²) in [4.78, 5) is 17.0. The number of halogens is 3. The van der Waals surface area contributed by atoms with Gasteiger partial charge >= 0.3 is 12.1 Å². The lowest BCUT2D eigenvalue weighted by molar-refractivity contribution is -0.150. The number of hydrogen-bond acceptors (Lipinski definition) is 6. The first-order valence-corrected chi connectivity index (χ1v) is 12.1. The van der Waals surface area contributed by atoms with E-state index in [2.05, 4.69) is 20.4 Å². The third-order valence-corrected chi connectivity index (χ3v) is 7.84. The summed E-state index contributed by atoms with van der Waals surface area (Å²) in [5.41, 5.74) is -0.0631. The van der Waals surface area contributed by atoms with E-state index >= 15 is 0 Å². The summed E-state index contributed by atoms with van der Waals surface area (Å²) in [5.74, 6) is -0.00891. The maximum atomic E-state index is 12.7. The molecule has 3 aliphatic heterocycles. The van der Waals surface area contributed by atoms with E-state index in [0.29, 0.717) is 0 Å². The smallest absolute Gasteiger partial charge is 0.416 e. The van der Waals surface area contributed by atoms with Gasteiger partial charge in [-0.25, -0.2) is 0 Å². The van der Waals surface area contributed by atoms with Crippen molar-refractivity contribution in [3.63, 3.8) is 0 Å². The van der Waals surface area contributed by atoms with Crippen LogP contribution in [0.25, 0.3) is 0 Å². The maximum Gasteiger partial charge on any atom is 0.416 e. The molecule has 0 amide bonds. The number of carbonyl (C=O) groups excluding carboxylic acids is 1. The molecule has 4 rings (SSSR count). The number of piperazine rings is 1. The van der Waals surface area contributed by atoms with Gasteiger partial charge in [0.15, 0.2) is 0 Å². The molecule has 9 heteroatoms. The first-order chi connectivity index (χ1) is 14.8. The van der Waals surface area contributed by atoms with Crippen molar-refractivity contribution in [2.24, 2.45) is 5.41 Å². The second kappa shape index (κ2) is 9.19. The standard InChI is InChI=1S/C22H30F3N3O2S/c1-31-28-10-7-21(8-11-28)16-19(30-20(21)29)6-9-26-12-14-27(15-13-26)18-4-2-17(3-5-18)22(23,24)25/h2-5,19H,6-16H2,1H3. The average molecular weight is 458 g/mol. The van der Waals surface area contributed by atoms with Crippen LogP contribution in [0.4, 0.5) is 18.9 Å². The van der Waals surface area contributed by atoms with Crippen molar-refractivity contribution in [2.75, 3.05) is 57.0 Å². The average Bonchev–Trinajstić information content (AvgIpc) is 3.07. The monoisotopic (exact) mass is 457 g/mol. The van der Waals surface area contributed by atoms with Crippen LogP contribution >= 0.6 is 11.9 Å². The first kappa shape index (κ1) is 22.7. The van der Waals surface area contributed by atoms with Gasteiger partial charge in [-0.05, 0) is 49.8 Å². The summed E-state index contributed by atoms with van der Waals surface area (Å²) in [6, 6.07) is 5.40. The van der Waals surface area contributed by atoms with Gasteiger partial charge in [0.05, 0.1) is 11.0 Å². The summed E-state index contributed by atoms with van der Waals surface area (Å²) in [5, 5.41) is 0. The Kier molecular flexibility index (Phi) is 6.74. The third-order valence-electron chi connectivity index (χ3n) is 6.96. The van der Waals surface area contributed by atoms with Gasteiger partial charge in [0, 0.05) is 57.9 Å². The summed E-state index contributed by atoms with van der Waals surface area (Å²) in [7, 11) is 0. The van der Waals surface area contributed by atoms with E-state index in [1.165, 1.54) is 0 Å². The van der Waals surface area contributed by atoms with Crippen LogP contribution in [0, 0.1) is 5.41 Å². The number of nitrogens with zero attached hydrogens (tertiary/aromatic N) is 3. The number of carbonyl (C=O) groups is 1. The molecule has 3 fully saturated rings. The molecule has 31 heavy (non-hydrogen) atoms. The van der Waals surface area contributed by atoms with E-state index in [4.69, 9.17) is 4.74 Å². The molecule has 3 saturated heterocycles. The molecule has 0 aromatic heterocycles. The largest absolute Gasteiger partial charge is 0.462 e. The molecule has 172 valence electrons. The summed E-state index contributed by atoms with van der Waals surface area (Å²) < 4.78 is 46.3. The Bertz CT molecular complexity index is 758. The number of piperidine rings is 1. The topological polar surface area (TPSA) is 36.0 Å². The van der Waals surface area contributed by atoms with Crippen LogP contribution in [0.3, 0.4) is 0 Å². The van der Waals surface area contributed by atoms with Crippen molar-refractivity contribution < 1.29 is 22.7 Å². The molecule has 1 aromatic rings. The van der Waals surface area contributed by atoms with Gasteiger partial charge in [0.25, 0.3) is 0 Å². The Labute approximate surface area is 186 Å². The number of rotatable bonds is 5. The van der Waals surface area contributed by atoms with E-state index < -0.39 is 11.7 Å². The van der Waals surface area contributed by atoms with Crippen LogP contribution in [0.1, 0.15) is 31.2 Å². The minimum Gasteiger partial charge on any atom is -0.462 e. The zero-order chi connectivity index (χ0) is 22.1. The lowest BCUT2D eigenvalue weighted by Crippen LogP contribution is -2.47. The van der Waals surface area contributed by atoms with Crippen LogP contribution < -0.4 is 4.90 Å². The minimum atomic E-state index is -4.30. The third kappa shape index (κ3) is 5.14. The number of benzene rings is 1. The molecule has 0 bridgehead atoms. The Hall–Kier alpha value is -1.45. The van der Waals surface area contributed by atoms with Crippen molar-refractivity contribution in [3.05, 3.63) is 29.8 Å². The molecule has 0 aliphatic carbocycles. The summed E-state index contributed by atoms with van der Waals surface area (Å²) in [6.45, 7) is 6.04. The second-order valence-corrected chi connectivity index (χ2v) is 9.67. The Morgan fingerprint density at radius 2 is 1.71 bits per heavy atom. The van der Waals surface area contributed by atoms with Gasteiger partial charge in [-0.2, -0.15) is 13.2 Å². The van der Waals surface area contributed by atoms with Crippen LogP contribution in [-0.2, 0) is 15.7 Å². The minimum absolute atomic E-state index is 0.00118. The van der Waals surface area contributed by atoms with Gasteiger partial charge in [0.2, 0.25) is 0 Å². The number of anilines is 1. The van der Waals surface area contributed by atoms with E-state index in [-0.39, 0.29) is 17.5 Å². The molecule has 3 aliphatic rings. The molecule has 0 radical (unpaired) electrons. The van der Waals surface area contributed by atoms with Crippen molar-refractivity contribution >= 4 is 23.6 Å². The van der Waals surface area contributed by atoms with Gasteiger partial charge in [0.1, 0.15) is 6.10 Å². The van der Waals surface area contributed by atoms with Gasteiger partial charge in [-0.1, -0.05) is 11.9 Å². The Morgan fingerprint density at radius 1 is 1.06 bits per heavy atom. The van der Waals surface area contributed by atoms with E-state index in [1.807, 2.05) is 0 Å². The quantitative estimate of drug-likeness (QED) is 0.493. The molecule has 5 nitrogen and oxygen atoms in total. The zero-order valence-electron chi connectivity index (χ0n) is 17.9. The predicted molar refractivity (Wildman–Crippen MR) is 116 cm³/mol. The van der Waals surface area contributed by atoms with Crippen molar-refractivity contribution in [1.82, 2.24) is 9.21 Å². The molecule has 1 unspecified atom stereocenters. The molecule has 1 aromatic carbocycles. The molecular weight excluding hydrogens is 427 g/mol. The van der Waals surface area contributed by atoms with Crippen molar-refractivity contribution in [3.8, 4) is 0 Å². The highest BCUT2D eigenvalue weighted by atomic mass is 32.2. The SMILES string of the molecule is CSN1CCC2(CC1)CC(CCN1CCN(c3ccc(C(F)(F)F)cc3)CC1)OC2=O. The summed E-state index contributed by atoms with van der Waals surface area (Å²) >= 11 is 1.74. The molecule has 0 N–H and O–H groups in total. The van der Waals surface area contributed by atoms with Gasteiger partial charge in [-0.15, -0.1) is 0 Å². The van der Waals surface area contributed by atoms with Crippen LogP contribution in [0.15, 0.2) is 24.3 Å². The fourth-order valence-electron chi connectivity index (χ4n) is 4.92. The zero-order valence-corrected chi connectivity index (χ0v) is 18.7. The number of cyclic esters (lactones) is 1. The first-order valence-electron chi connectivity index (χ1n) is 10.9. The van der Waals surface area contributed by atoms with Gasteiger partial charge in [-0.3, -0.25) is 14.0 Å². The predicted octanol–water partition coefficient (Wildman–Crippen LogP) is 3.89. The number of hydrogen-bond donors (Lipinski definition) is 0. The van der Waals surface area contributed by atoms with Crippen LogP contribution in [-0.4, -0.2) is 73.3 Å². The fourth-order valence-corrected chi connectivity index (χ4v) is 5.47. The van der Waals surface area contributed by atoms with E-state index in [1.54, 1.807) is 24.1 Å². The fraction of sp³-hybridized carbons (Fsp3) is 0.682. The molecule has 1 atom stereocenters. The van der Waals surface area contributed by atoms with Crippen molar-refractivity contribution in [1.29, 1.82) is 0 Å². The van der Waals surface area contributed by atoms with Crippen LogP contribution in [0.5, 0.6) is 0 Å². The maximum absolute atomic E-state index is 12.7. The molecular formula is C22H30F3N3O2S. The highest BCUT2D eigenvalue weighted by molar-refractivity contribution is 7.96. The van der Waals surface area contributed by atoms with E-state index in [0.717, 1.165) is 89.3 Å². The van der Waals surface area contributed by atoms with Crippen LogP contribution in [0.2, 0.25) is 0 Å². The highest BCUT2D eigenvalue weighted by Gasteiger charge is 2.50. The number of esters is 1. The molecule has 3 heterocycles.